The fraction of sp³-hybridized carbons (Fsp3) is 0.444. The molecule has 7 heteroatoms. The van der Waals surface area contributed by atoms with Gasteiger partial charge in [-0.2, -0.15) is 5.10 Å². The van der Waals surface area contributed by atoms with E-state index < -0.39 is 0 Å². The van der Waals surface area contributed by atoms with E-state index in [2.05, 4.69) is 12.0 Å². The highest BCUT2D eigenvalue weighted by molar-refractivity contribution is 6.31. The third kappa shape index (κ3) is 3.68. The van der Waals surface area contributed by atoms with Crippen molar-refractivity contribution in [1.82, 2.24) is 14.7 Å². The van der Waals surface area contributed by atoms with Crippen LogP contribution in [0.2, 0.25) is 5.02 Å². The number of nitrogens with two attached hydrogens (primary N) is 1. The van der Waals surface area contributed by atoms with E-state index in [0.717, 1.165) is 36.6 Å². The maximum atomic E-state index is 12.7. The number of hydrogen-bond acceptors (Lipinski definition) is 3. The molecule has 1 atom stereocenters. The number of nitrogens with zero attached hydrogens (tertiary/aromatic N) is 3. The smallest absolute Gasteiger partial charge is 0.253 e. The molecule has 3 rings (SSSR count). The first kappa shape index (κ1) is 19.8. The molecule has 0 spiro atoms. The van der Waals surface area contributed by atoms with Crippen molar-refractivity contribution in [3.8, 4) is 5.69 Å². The predicted molar refractivity (Wildman–Crippen MR) is 103 cm³/mol. The summed E-state index contributed by atoms with van der Waals surface area (Å²) in [5.74, 6) is 0.0603. The van der Waals surface area contributed by atoms with Crippen molar-refractivity contribution in [2.45, 2.75) is 27.2 Å². The molecule has 1 saturated heterocycles. The second-order valence-electron chi connectivity index (χ2n) is 6.93. The van der Waals surface area contributed by atoms with E-state index in [-0.39, 0.29) is 23.7 Å². The fourth-order valence-corrected chi connectivity index (χ4v) is 3.28. The summed E-state index contributed by atoms with van der Waals surface area (Å²) in [7, 11) is 0. The maximum Gasteiger partial charge on any atom is 0.253 e. The summed E-state index contributed by atoms with van der Waals surface area (Å²) in [5.41, 5.74) is 9.14. The Hall–Kier alpha value is -1.56. The fourth-order valence-electron chi connectivity index (χ4n) is 3.17. The molecule has 136 valence electrons. The Labute approximate surface area is 159 Å². The lowest BCUT2D eigenvalue weighted by atomic mass is 9.90. The number of benzene rings is 1. The zero-order chi connectivity index (χ0) is 17.5. The Morgan fingerprint density at radius 3 is 2.44 bits per heavy atom. The van der Waals surface area contributed by atoms with Gasteiger partial charge in [0, 0.05) is 18.7 Å². The van der Waals surface area contributed by atoms with Crippen LogP contribution in [-0.2, 0) is 0 Å². The lowest BCUT2D eigenvalue weighted by molar-refractivity contribution is 0.0777. The Bertz CT molecular complexity index is 772. The van der Waals surface area contributed by atoms with Gasteiger partial charge >= 0.3 is 0 Å². The second-order valence-corrected chi connectivity index (χ2v) is 7.31. The van der Waals surface area contributed by atoms with Gasteiger partial charge in [-0.15, -0.1) is 12.4 Å². The number of hydrogen-bond donors (Lipinski definition) is 1. The Kier molecular flexibility index (Phi) is 5.82. The van der Waals surface area contributed by atoms with Gasteiger partial charge < -0.3 is 10.6 Å². The van der Waals surface area contributed by atoms with Gasteiger partial charge in [0.1, 0.15) is 0 Å². The highest BCUT2D eigenvalue weighted by Gasteiger charge is 2.35. The quantitative estimate of drug-likeness (QED) is 0.884. The van der Waals surface area contributed by atoms with Gasteiger partial charge in [0.05, 0.1) is 22.1 Å². The molecule has 0 radical (unpaired) electrons. The molecule has 2 aromatic rings. The van der Waals surface area contributed by atoms with Gasteiger partial charge in [0.25, 0.3) is 5.91 Å². The van der Waals surface area contributed by atoms with Crippen molar-refractivity contribution in [2.75, 3.05) is 19.6 Å². The molecule has 2 N–H and O–H groups in total. The summed E-state index contributed by atoms with van der Waals surface area (Å²) in [5, 5.41) is 5.11. The summed E-state index contributed by atoms with van der Waals surface area (Å²) in [4.78, 5) is 14.6. The van der Waals surface area contributed by atoms with Gasteiger partial charge in [-0.1, -0.05) is 18.5 Å². The van der Waals surface area contributed by atoms with Crippen LogP contribution in [0.5, 0.6) is 0 Å². The maximum absolute atomic E-state index is 12.7. The number of rotatable bonds is 3. The first-order valence-electron chi connectivity index (χ1n) is 8.16. The third-order valence-electron chi connectivity index (χ3n) is 4.90. The van der Waals surface area contributed by atoms with E-state index in [4.69, 9.17) is 17.3 Å². The number of carbonyl (C=O) groups is 1. The number of aromatic nitrogens is 2. The third-order valence-corrected chi connectivity index (χ3v) is 5.45. The summed E-state index contributed by atoms with van der Waals surface area (Å²) in [6.07, 6.45) is 0.956. The molecule has 1 aliphatic heterocycles. The van der Waals surface area contributed by atoms with Gasteiger partial charge in [-0.3, -0.25) is 4.79 Å². The Morgan fingerprint density at radius 2 is 1.96 bits per heavy atom. The van der Waals surface area contributed by atoms with E-state index in [1.54, 1.807) is 4.68 Å². The minimum Gasteiger partial charge on any atom is -0.338 e. The molecular weight excluding hydrogens is 359 g/mol. The van der Waals surface area contributed by atoms with Gasteiger partial charge in [-0.25, -0.2) is 4.68 Å². The number of likely N-dealkylation sites (tertiary alicyclic amines) is 1. The first-order chi connectivity index (χ1) is 11.3. The summed E-state index contributed by atoms with van der Waals surface area (Å²) in [6.45, 7) is 8.04. The molecule has 5 nitrogen and oxygen atoms in total. The zero-order valence-corrected chi connectivity index (χ0v) is 16.3. The van der Waals surface area contributed by atoms with Crippen molar-refractivity contribution in [3.63, 3.8) is 0 Å². The Balaban J connectivity index is 0.00000225. The standard InChI is InChI=1S/C18H23ClN4O.ClH/c1-12-16(19)13(2)23(21-12)15-6-4-14(5-7-15)17(24)22-9-8-18(3,10-20)11-22;/h4-7H,8-11,20H2,1-3H3;1H. The molecule has 0 aliphatic carbocycles. The van der Waals surface area contributed by atoms with E-state index in [1.165, 1.54) is 0 Å². The lowest BCUT2D eigenvalue weighted by Gasteiger charge is -2.22. The molecule has 1 aromatic carbocycles. The normalized spacial score (nSPS) is 19.8. The largest absolute Gasteiger partial charge is 0.338 e. The summed E-state index contributed by atoms with van der Waals surface area (Å²) >= 11 is 6.20. The summed E-state index contributed by atoms with van der Waals surface area (Å²) in [6, 6.07) is 7.50. The molecule has 1 aliphatic rings. The minimum atomic E-state index is 0. The SMILES string of the molecule is Cc1nn(-c2ccc(C(=O)N3CCC(C)(CN)C3)cc2)c(C)c1Cl.Cl. The van der Waals surface area contributed by atoms with E-state index in [1.807, 2.05) is 43.0 Å². The van der Waals surface area contributed by atoms with Crippen LogP contribution < -0.4 is 5.73 Å². The van der Waals surface area contributed by atoms with Crippen LogP contribution in [0.15, 0.2) is 24.3 Å². The topological polar surface area (TPSA) is 64.2 Å². The van der Waals surface area contributed by atoms with Gasteiger partial charge in [-0.05, 0) is 56.5 Å². The van der Waals surface area contributed by atoms with Crippen molar-refractivity contribution in [1.29, 1.82) is 0 Å². The van der Waals surface area contributed by atoms with E-state index in [9.17, 15) is 4.79 Å². The van der Waals surface area contributed by atoms with Crippen LogP contribution in [0.4, 0.5) is 0 Å². The monoisotopic (exact) mass is 382 g/mol. The Morgan fingerprint density at radius 1 is 1.32 bits per heavy atom. The average molecular weight is 383 g/mol. The van der Waals surface area contributed by atoms with Crippen LogP contribution >= 0.6 is 24.0 Å². The molecule has 1 aromatic heterocycles. The molecule has 1 unspecified atom stereocenters. The number of amides is 1. The molecule has 0 bridgehead atoms. The molecule has 2 heterocycles. The van der Waals surface area contributed by atoms with Gasteiger partial charge in [0.2, 0.25) is 0 Å². The lowest BCUT2D eigenvalue weighted by Crippen LogP contribution is -2.34. The molecule has 1 amide bonds. The molecule has 25 heavy (non-hydrogen) atoms. The van der Waals surface area contributed by atoms with Crippen molar-refractivity contribution < 1.29 is 4.79 Å². The predicted octanol–water partition coefficient (Wildman–Crippen LogP) is 3.38. The van der Waals surface area contributed by atoms with Crippen LogP contribution in [0.3, 0.4) is 0 Å². The number of carbonyl (C=O) groups excluding carboxylic acids is 1. The highest BCUT2D eigenvalue weighted by Crippen LogP contribution is 2.29. The van der Waals surface area contributed by atoms with Crippen LogP contribution in [0, 0.1) is 19.3 Å². The zero-order valence-electron chi connectivity index (χ0n) is 14.8. The number of aryl methyl sites for hydroxylation is 1. The number of halogens is 2. The van der Waals surface area contributed by atoms with Crippen molar-refractivity contribution in [2.24, 2.45) is 11.1 Å². The highest BCUT2D eigenvalue weighted by atomic mass is 35.5. The first-order valence-corrected chi connectivity index (χ1v) is 8.54. The van der Waals surface area contributed by atoms with E-state index >= 15 is 0 Å². The van der Waals surface area contributed by atoms with Crippen LogP contribution in [0.25, 0.3) is 5.69 Å². The van der Waals surface area contributed by atoms with Crippen molar-refractivity contribution in [3.05, 3.63) is 46.2 Å². The van der Waals surface area contributed by atoms with Gasteiger partial charge in [0.15, 0.2) is 0 Å². The van der Waals surface area contributed by atoms with Crippen LogP contribution in [0.1, 0.15) is 35.1 Å². The molecule has 0 saturated carbocycles. The van der Waals surface area contributed by atoms with E-state index in [0.29, 0.717) is 17.1 Å². The second kappa shape index (κ2) is 7.36. The molecule has 1 fully saturated rings. The average Bonchev–Trinajstić information content (AvgIpc) is 3.11. The molecular formula is C18H24Cl2N4O. The summed E-state index contributed by atoms with van der Waals surface area (Å²) < 4.78 is 1.80. The minimum absolute atomic E-state index is 0. The van der Waals surface area contributed by atoms with Crippen molar-refractivity contribution >= 4 is 29.9 Å². The van der Waals surface area contributed by atoms with Crippen LogP contribution in [-0.4, -0.2) is 40.2 Å².